The molecule has 1 heterocycles. The molecule has 0 radical (unpaired) electrons. The van der Waals surface area contributed by atoms with E-state index in [1.54, 1.807) is 42.6 Å². The molecule has 1 aromatic heterocycles. The van der Waals surface area contributed by atoms with Gasteiger partial charge in [-0.2, -0.15) is 0 Å². The van der Waals surface area contributed by atoms with Crippen LogP contribution < -0.4 is 9.04 Å². The second kappa shape index (κ2) is 8.07. The SMILES string of the molecule is COc1ccc(-c2cccc(N(c3ccc(C(=O)O)c(O)c3)S(=O)[O-])c2)cn1. The number of hydrogen-bond acceptors (Lipinski definition) is 6. The second-order valence-corrected chi connectivity index (χ2v) is 6.46. The van der Waals surface area contributed by atoms with Crippen LogP contribution in [0.4, 0.5) is 11.4 Å². The van der Waals surface area contributed by atoms with Crippen molar-refractivity contribution in [2.75, 3.05) is 11.4 Å². The number of hydrogen-bond donors (Lipinski definition) is 2. The number of aromatic nitrogens is 1. The molecule has 0 saturated heterocycles. The first kappa shape index (κ1) is 19.3. The summed E-state index contributed by atoms with van der Waals surface area (Å²) in [6.45, 7) is 0. The number of carboxylic acids is 1. The Morgan fingerprint density at radius 1 is 1.11 bits per heavy atom. The van der Waals surface area contributed by atoms with Gasteiger partial charge in [-0.3, -0.25) is 8.51 Å². The van der Waals surface area contributed by atoms with Crippen LogP contribution in [0, 0.1) is 0 Å². The third-order valence-corrected chi connectivity index (χ3v) is 4.67. The number of benzene rings is 2. The van der Waals surface area contributed by atoms with E-state index in [4.69, 9.17) is 9.84 Å². The molecular weight excluding hydrogens is 384 g/mol. The van der Waals surface area contributed by atoms with E-state index in [9.17, 15) is 18.7 Å². The molecule has 0 aliphatic carbocycles. The maximum absolute atomic E-state index is 11.9. The number of aromatic carboxylic acids is 1. The van der Waals surface area contributed by atoms with Gasteiger partial charge in [0, 0.05) is 23.9 Å². The quantitative estimate of drug-likeness (QED) is 0.611. The number of nitrogens with zero attached hydrogens (tertiary/aromatic N) is 2. The van der Waals surface area contributed by atoms with Gasteiger partial charge in [-0.05, 0) is 35.9 Å². The summed E-state index contributed by atoms with van der Waals surface area (Å²) >= 11 is -2.71. The smallest absolute Gasteiger partial charge is 0.339 e. The fourth-order valence-corrected chi connectivity index (χ4v) is 3.20. The fraction of sp³-hybridized carbons (Fsp3) is 0.0526. The summed E-state index contributed by atoms with van der Waals surface area (Å²) in [6.07, 6.45) is 1.60. The van der Waals surface area contributed by atoms with E-state index in [-0.39, 0.29) is 11.3 Å². The van der Waals surface area contributed by atoms with Crippen LogP contribution in [-0.4, -0.2) is 37.0 Å². The number of phenols is 1. The van der Waals surface area contributed by atoms with Crippen LogP contribution in [0.2, 0.25) is 0 Å². The summed E-state index contributed by atoms with van der Waals surface area (Å²) in [5.74, 6) is -1.39. The highest BCUT2D eigenvalue weighted by molar-refractivity contribution is 7.81. The van der Waals surface area contributed by atoms with Crippen molar-refractivity contribution in [3.63, 3.8) is 0 Å². The molecular formula is C19H15N2O6S-. The molecule has 144 valence electrons. The maximum atomic E-state index is 11.9. The molecule has 0 aliphatic heterocycles. The lowest BCUT2D eigenvalue weighted by molar-refractivity contribution is 0.0694. The molecule has 1 atom stereocenters. The lowest BCUT2D eigenvalue weighted by Gasteiger charge is -2.27. The summed E-state index contributed by atoms with van der Waals surface area (Å²) in [7, 11) is 1.51. The zero-order chi connectivity index (χ0) is 20.3. The number of pyridine rings is 1. The fourth-order valence-electron chi connectivity index (χ4n) is 2.63. The van der Waals surface area contributed by atoms with Gasteiger partial charge in [0.2, 0.25) is 5.88 Å². The number of methoxy groups -OCH3 is 1. The molecule has 0 amide bonds. The van der Waals surface area contributed by atoms with Gasteiger partial charge in [0.1, 0.15) is 11.3 Å². The molecule has 0 aliphatic rings. The number of carbonyl (C=O) groups is 1. The number of ether oxygens (including phenoxy) is 1. The standard InChI is InChI=1S/C19H16N2O6S/c1-27-18-8-5-13(11-20-18)12-3-2-4-14(9-12)21(28(25)26)15-6-7-16(19(23)24)17(22)10-15/h2-11,22H,1H3,(H,23,24)(H,25,26)/p-1. The summed E-state index contributed by atoms with van der Waals surface area (Å²) in [6, 6.07) is 13.7. The van der Waals surface area contributed by atoms with Crippen molar-refractivity contribution >= 4 is 28.6 Å². The van der Waals surface area contributed by atoms with Gasteiger partial charge in [-0.1, -0.05) is 12.1 Å². The number of aromatic hydroxyl groups is 1. The minimum atomic E-state index is -2.71. The summed E-state index contributed by atoms with van der Waals surface area (Å²) < 4.78 is 29.7. The molecule has 28 heavy (non-hydrogen) atoms. The molecule has 1 unspecified atom stereocenters. The normalized spacial score (nSPS) is 11.6. The van der Waals surface area contributed by atoms with Crippen molar-refractivity contribution < 1.29 is 28.5 Å². The van der Waals surface area contributed by atoms with Crippen LogP contribution in [0.15, 0.2) is 60.8 Å². The minimum Gasteiger partial charge on any atom is -0.755 e. The molecule has 0 spiro atoms. The molecule has 0 bridgehead atoms. The minimum absolute atomic E-state index is 0.0980. The second-order valence-electron chi connectivity index (χ2n) is 5.66. The lowest BCUT2D eigenvalue weighted by Crippen LogP contribution is -2.19. The molecule has 9 heteroatoms. The highest BCUT2D eigenvalue weighted by Gasteiger charge is 2.16. The molecule has 3 rings (SSSR count). The number of anilines is 2. The average Bonchev–Trinajstić information content (AvgIpc) is 2.68. The van der Waals surface area contributed by atoms with Crippen molar-refractivity contribution in [3.05, 3.63) is 66.4 Å². The van der Waals surface area contributed by atoms with E-state index in [1.165, 1.54) is 13.2 Å². The Morgan fingerprint density at radius 2 is 1.86 bits per heavy atom. The zero-order valence-corrected chi connectivity index (χ0v) is 15.4. The van der Waals surface area contributed by atoms with Crippen molar-refractivity contribution in [1.82, 2.24) is 4.98 Å². The van der Waals surface area contributed by atoms with Gasteiger partial charge in [-0.25, -0.2) is 9.78 Å². The van der Waals surface area contributed by atoms with Gasteiger partial charge >= 0.3 is 5.97 Å². The Labute approximate surface area is 163 Å². The van der Waals surface area contributed by atoms with Gasteiger partial charge in [0.15, 0.2) is 0 Å². The zero-order valence-electron chi connectivity index (χ0n) is 14.6. The lowest BCUT2D eigenvalue weighted by atomic mass is 10.1. The van der Waals surface area contributed by atoms with Crippen LogP contribution in [-0.2, 0) is 11.3 Å². The Kier molecular flexibility index (Phi) is 5.57. The third kappa shape index (κ3) is 3.95. The molecule has 8 nitrogen and oxygen atoms in total. The van der Waals surface area contributed by atoms with Gasteiger partial charge < -0.3 is 19.5 Å². The summed E-state index contributed by atoms with van der Waals surface area (Å²) in [4.78, 5) is 15.2. The molecule has 0 saturated carbocycles. The first-order valence-electron chi connectivity index (χ1n) is 7.97. The van der Waals surface area contributed by atoms with E-state index in [0.29, 0.717) is 11.6 Å². The van der Waals surface area contributed by atoms with Crippen molar-refractivity contribution in [3.8, 4) is 22.8 Å². The Hall–Kier alpha value is -3.43. The predicted molar refractivity (Wildman–Crippen MR) is 102 cm³/mol. The average molecular weight is 399 g/mol. The van der Waals surface area contributed by atoms with E-state index in [2.05, 4.69) is 4.98 Å². The van der Waals surface area contributed by atoms with Crippen LogP contribution in [0.1, 0.15) is 10.4 Å². The molecule has 0 fully saturated rings. The predicted octanol–water partition coefficient (Wildman–Crippen LogP) is 3.09. The number of carboxylic acid groups (broad SMARTS) is 1. The first-order chi connectivity index (χ1) is 13.4. The van der Waals surface area contributed by atoms with E-state index < -0.39 is 23.0 Å². The van der Waals surface area contributed by atoms with Crippen molar-refractivity contribution in [1.29, 1.82) is 0 Å². The van der Waals surface area contributed by atoms with Crippen LogP contribution in [0.3, 0.4) is 0 Å². The maximum Gasteiger partial charge on any atom is 0.339 e. The Balaban J connectivity index is 2.02. The Bertz CT molecular complexity index is 1040. The summed E-state index contributed by atoms with van der Waals surface area (Å²) in [5, 5.41) is 18.9. The molecule has 2 N–H and O–H groups in total. The van der Waals surface area contributed by atoms with Gasteiger partial charge in [-0.15, -0.1) is 0 Å². The van der Waals surface area contributed by atoms with Crippen LogP contribution in [0.5, 0.6) is 11.6 Å². The van der Waals surface area contributed by atoms with E-state index in [0.717, 1.165) is 27.6 Å². The van der Waals surface area contributed by atoms with Gasteiger partial charge in [0.25, 0.3) is 0 Å². The highest BCUT2D eigenvalue weighted by atomic mass is 32.2. The van der Waals surface area contributed by atoms with Gasteiger partial charge in [0.05, 0.1) is 29.8 Å². The monoisotopic (exact) mass is 399 g/mol. The molecule has 3 aromatic rings. The topological polar surface area (TPSA) is 123 Å². The third-order valence-electron chi connectivity index (χ3n) is 3.95. The van der Waals surface area contributed by atoms with Crippen molar-refractivity contribution in [2.45, 2.75) is 0 Å². The van der Waals surface area contributed by atoms with Crippen molar-refractivity contribution in [2.24, 2.45) is 0 Å². The Morgan fingerprint density at radius 3 is 2.43 bits per heavy atom. The summed E-state index contributed by atoms with van der Waals surface area (Å²) in [5.41, 5.74) is 1.56. The van der Waals surface area contributed by atoms with Crippen LogP contribution >= 0.6 is 0 Å². The highest BCUT2D eigenvalue weighted by Crippen LogP contribution is 2.33. The van der Waals surface area contributed by atoms with Crippen LogP contribution in [0.25, 0.3) is 11.1 Å². The largest absolute Gasteiger partial charge is 0.755 e. The molecule has 2 aromatic carbocycles. The number of rotatable bonds is 6. The first-order valence-corrected chi connectivity index (χ1v) is 9.00. The van der Waals surface area contributed by atoms with E-state index in [1.807, 2.05) is 0 Å². The van der Waals surface area contributed by atoms with E-state index >= 15 is 0 Å².